The predicted octanol–water partition coefficient (Wildman–Crippen LogP) is 4.45. The highest BCUT2D eigenvalue weighted by Gasteiger charge is 2.67. The minimum absolute atomic E-state index is 0.0924. The van der Waals surface area contributed by atoms with Crippen LogP contribution in [0.1, 0.15) is 70.4 Å². The van der Waals surface area contributed by atoms with Crippen molar-refractivity contribution in [2.24, 2.45) is 17.3 Å². The van der Waals surface area contributed by atoms with Gasteiger partial charge in [0.15, 0.2) is 0 Å². The SMILES string of the molecule is CC(C)(C)OC(=O)c1ccnc(C[C@@H](Cl)B2OC3[C@@H]4C[C@H](C[C@]3(C)O2)C4(C)C)c1. The molecule has 4 fully saturated rings. The molecule has 1 aliphatic heterocycles. The van der Waals surface area contributed by atoms with E-state index < -0.39 is 12.7 Å². The molecule has 158 valence electrons. The summed E-state index contributed by atoms with van der Waals surface area (Å²) in [5.74, 6) is 0.854. The van der Waals surface area contributed by atoms with Gasteiger partial charge in [0.2, 0.25) is 0 Å². The third-order valence-electron chi connectivity index (χ3n) is 6.98. The van der Waals surface area contributed by atoms with Gasteiger partial charge in [-0.05, 0) is 69.9 Å². The first-order valence-corrected chi connectivity index (χ1v) is 11.0. The predicted molar refractivity (Wildman–Crippen MR) is 113 cm³/mol. The Morgan fingerprint density at radius 3 is 2.79 bits per heavy atom. The Labute approximate surface area is 179 Å². The first-order valence-electron chi connectivity index (χ1n) is 10.5. The fraction of sp³-hybridized carbons (Fsp3) is 0.727. The van der Waals surface area contributed by atoms with E-state index in [9.17, 15) is 4.79 Å². The van der Waals surface area contributed by atoms with E-state index in [1.807, 2.05) is 20.8 Å². The maximum Gasteiger partial charge on any atom is 0.477 e. The second-order valence-corrected chi connectivity index (χ2v) is 11.2. The van der Waals surface area contributed by atoms with E-state index in [0.29, 0.717) is 29.2 Å². The molecule has 2 heterocycles. The lowest BCUT2D eigenvalue weighted by Gasteiger charge is -2.63. The molecule has 1 aromatic heterocycles. The van der Waals surface area contributed by atoms with Gasteiger partial charge in [0, 0.05) is 18.3 Å². The first kappa shape index (κ1) is 21.1. The van der Waals surface area contributed by atoms with Crippen LogP contribution in [-0.2, 0) is 20.5 Å². The zero-order chi connectivity index (χ0) is 21.2. The fourth-order valence-electron chi connectivity index (χ4n) is 5.25. The molecule has 4 aliphatic rings. The van der Waals surface area contributed by atoms with Crippen molar-refractivity contribution in [3.8, 4) is 0 Å². The van der Waals surface area contributed by atoms with Crippen LogP contribution in [0.5, 0.6) is 0 Å². The average Bonchev–Trinajstić information content (AvgIpc) is 2.98. The molecule has 0 aromatic carbocycles. The van der Waals surface area contributed by atoms with Gasteiger partial charge >= 0.3 is 13.1 Å². The minimum Gasteiger partial charge on any atom is -0.456 e. The molecule has 0 radical (unpaired) electrons. The molecule has 5 nitrogen and oxygen atoms in total. The molecule has 1 saturated heterocycles. The number of carbonyl (C=O) groups excluding carboxylic acids is 1. The highest BCUT2D eigenvalue weighted by molar-refractivity contribution is 6.60. The molecule has 3 saturated carbocycles. The third kappa shape index (κ3) is 3.84. The lowest BCUT2D eigenvalue weighted by atomic mass is 9.45. The van der Waals surface area contributed by atoms with Crippen LogP contribution in [-0.4, -0.2) is 40.7 Å². The van der Waals surface area contributed by atoms with E-state index in [2.05, 4.69) is 25.8 Å². The standard InChI is InChI=1S/C22H31BClNO4/c1-20(2,3)27-19(26)13-7-8-25-15(9-13)11-17(24)23-28-18-16-10-14(21(16,4)5)12-22(18,6)29-23/h7-9,14,16-18H,10-12H2,1-6H3/t14-,16+,17-,18?,22+/m1/s1. The summed E-state index contributed by atoms with van der Waals surface area (Å²) in [5, 5.41) is -0.376. The number of nitrogens with zero attached hydrogens (tertiary/aromatic N) is 1. The Bertz CT molecular complexity index is 810. The van der Waals surface area contributed by atoms with Gasteiger partial charge in [-0.1, -0.05) is 13.8 Å². The Morgan fingerprint density at radius 1 is 1.41 bits per heavy atom. The number of ether oxygens (including phenoxy) is 1. The van der Waals surface area contributed by atoms with E-state index in [4.69, 9.17) is 25.6 Å². The zero-order valence-corrected chi connectivity index (χ0v) is 19.0. The summed E-state index contributed by atoms with van der Waals surface area (Å²) < 4.78 is 18.2. The molecule has 2 bridgehead atoms. The van der Waals surface area contributed by atoms with Gasteiger partial charge in [-0.25, -0.2) is 4.79 Å². The van der Waals surface area contributed by atoms with Crippen molar-refractivity contribution in [1.82, 2.24) is 4.98 Å². The van der Waals surface area contributed by atoms with Crippen molar-refractivity contribution in [3.63, 3.8) is 0 Å². The Balaban J connectivity index is 1.42. The van der Waals surface area contributed by atoms with Crippen LogP contribution >= 0.6 is 11.6 Å². The van der Waals surface area contributed by atoms with E-state index in [1.165, 1.54) is 6.42 Å². The van der Waals surface area contributed by atoms with Crippen molar-refractivity contribution in [2.45, 2.75) is 83.4 Å². The molecule has 0 amide bonds. The Hall–Kier alpha value is -1.11. The topological polar surface area (TPSA) is 57.7 Å². The summed E-state index contributed by atoms with van der Waals surface area (Å²) in [4.78, 5) is 16.7. The number of rotatable bonds is 4. The zero-order valence-electron chi connectivity index (χ0n) is 18.2. The lowest BCUT2D eigenvalue weighted by molar-refractivity contribution is -0.185. The van der Waals surface area contributed by atoms with Crippen molar-refractivity contribution in [1.29, 1.82) is 0 Å². The van der Waals surface area contributed by atoms with E-state index >= 15 is 0 Å². The largest absolute Gasteiger partial charge is 0.477 e. The molecule has 1 unspecified atom stereocenters. The summed E-state index contributed by atoms with van der Waals surface area (Å²) >= 11 is 6.71. The lowest BCUT2D eigenvalue weighted by Crippen LogP contribution is -2.63. The molecule has 29 heavy (non-hydrogen) atoms. The van der Waals surface area contributed by atoms with Crippen LogP contribution in [0.25, 0.3) is 0 Å². The van der Waals surface area contributed by atoms with Crippen molar-refractivity contribution < 1.29 is 18.8 Å². The van der Waals surface area contributed by atoms with Gasteiger partial charge in [0.1, 0.15) is 5.60 Å². The van der Waals surface area contributed by atoms with Crippen LogP contribution < -0.4 is 0 Å². The number of halogens is 1. The average molecular weight is 420 g/mol. The molecule has 0 N–H and O–H groups in total. The summed E-state index contributed by atoms with van der Waals surface area (Å²) in [6.07, 6.45) is 4.41. The summed E-state index contributed by atoms with van der Waals surface area (Å²) in [6, 6.07) is 3.40. The molecular formula is C22H31BClNO4. The van der Waals surface area contributed by atoms with E-state index in [-0.39, 0.29) is 23.0 Å². The first-order chi connectivity index (χ1) is 13.4. The highest BCUT2D eigenvalue weighted by atomic mass is 35.5. The monoisotopic (exact) mass is 419 g/mol. The Morgan fingerprint density at radius 2 is 2.14 bits per heavy atom. The molecule has 5 atom stereocenters. The summed E-state index contributed by atoms with van der Waals surface area (Å²) in [7, 11) is -0.464. The van der Waals surface area contributed by atoms with Crippen molar-refractivity contribution in [3.05, 3.63) is 29.6 Å². The van der Waals surface area contributed by atoms with Crippen molar-refractivity contribution >= 4 is 24.7 Å². The summed E-state index contributed by atoms with van der Waals surface area (Å²) in [5.41, 5.74) is 0.720. The molecule has 1 aromatic rings. The number of alkyl halides is 1. The van der Waals surface area contributed by atoms with Crippen LogP contribution in [0.2, 0.25) is 0 Å². The van der Waals surface area contributed by atoms with Crippen LogP contribution in [0.4, 0.5) is 0 Å². The van der Waals surface area contributed by atoms with Gasteiger partial charge in [-0.15, -0.1) is 11.6 Å². The van der Waals surface area contributed by atoms with Crippen LogP contribution in [0, 0.1) is 17.3 Å². The quantitative estimate of drug-likeness (QED) is 0.410. The molecule has 0 spiro atoms. The van der Waals surface area contributed by atoms with Gasteiger partial charge in [-0.3, -0.25) is 4.98 Å². The van der Waals surface area contributed by atoms with E-state index in [0.717, 1.165) is 12.1 Å². The van der Waals surface area contributed by atoms with Crippen molar-refractivity contribution in [2.75, 3.05) is 0 Å². The van der Waals surface area contributed by atoms with Gasteiger partial charge < -0.3 is 14.0 Å². The highest BCUT2D eigenvalue weighted by Crippen LogP contribution is 2.64. The van der Waals surface area contributed by atoms with E-state index in [1.54, 1.807) is 18.3 Å². The normalized spacial score (nSPS) is 33.6. The minimum atomic E-state index is -0.540. The number of aromatic nitrogens is 1. The number of hydrogen-bond donors (Lipinski definition) is 0. The van der Waals surface area contributed by atoms with Gasteiger partial charge in [0.25, 0.3) is 0 Å². The van der Waals surface area contributed by atoms with Gasteiger partial charge in [0.05, 0.1) is 22.5 Å². The second kappa shape index (κ2) is 6.96. The summed E-state index contributed by atoms with van der Waals surface area (Å²) in [6.45, 7) is 12.4. The maximum absolute atomic E-state index is 12.3. The number of esters is 1. The van der Waals surface area contributed by atoms with Crippen LogP contribution in [0.3, 0.4) is 0 Å². The number of carbonyl (C=O) groups is 1. The molecule has 3 aliphatic carbocycles. The number of hydrogen-bond acceptors (Lipinski definition) is 5. The van der Waals surface area contributed by atoms with Crippen LogP contribution in [0.15, 0.2) is 18.3 Å². The molecule has 7 heteroatoms. The number of pyridine rings is 1. The smallest absolute Gasteiger partial charge is 0.456 e. The van der Waals surface area contributed by atoms with Gasteiger partial charge in [-0.2, -0.15) is 0 Å². The third-order valence-corrected chi connectivity index (χ3v) is 7.34. The maximum atomic E-state index is 12.3. The molecule has 5 rings (SSSR count). The molecular weight excluding hydrogens is 389 g/mol. The fourth-order valence-corrected chi connectivity index (χ4v) is 5.52. The second-order valence-electron chi connectivity index (χ2n) is 10.7. The Kier molecular flexibility index (Phi) is 5.08.